The predicted octanol–water partition coefficient (Wildman–Crippen LogP) is 5.74. The minimum Gasteiger partial charge on any atom is -0.463 e. The first kappa shape index (κ1) is 43.7. The van der Waals surface area contributed by atoms with Crippen molar-refractivity contribution in [1.29, 1.82) is 0 Å². The molecule has 13 heteroatoms. The van der Waals surface area contributed by atoms with Gasteiger partial charge in [-0.3, -0.25) is 14.5 Å². The van der Waals surface area contributed by atoms with E-state index in [1.54, 1.807) is 43.0 Å². The number of carbonyl (C=O) groups excluding carboxylic acids is 4. The molecule has 1 amide bonds. The smallest absolute Gasteiger partial charge is 0.410 e. The number of ketones is 1. The maximum absolute atomic E-state index is 14.8. The van der Waals surface area contributed by atoms with Gasteiger partial charge in [0.25, 0.3) is 0 Å². The molecule has 13 nitrogen and oxygen atoms in total. The summed E-state index contributed by atoms with van der Waals surface area (Å²) < 4.78 is 38.3. The maximum atomic E-state index is 14.8. The fourth-order valence-electron chi connectivity index (χ4n) is 9.51. The number of ether oxygens (including phenoxy) is 6. The Morgan fingerprint density at radius 2 is 1.59 bits per heavy atom. The summed E-state index contributed by atoms with van der Waals surface area (Å²) in [6.07, 6.45) is -1.00. The standard InChI is InChI=1S/C45H63N3O10/c1-30-26-44(5)38(58-40-36(35(46(6)7)25-31(2)56-40)57-39(50)34-17-13-10-14-18-34)32(3)37(49)43(4,21-24-55-44)41(51)54-29-45(47(8)27-30)19-22-48(23-20-45)42(52)53-28-33-15-11-9-12-16-33/h9-18,30-32,35-36,38,40H,19-29H2,1-8H3/t30-,31-,32+,35+,36-,38-,40+,43-,44-/m1/s1. The molecule has 7 rings (SSSR count). The Bertz CT molecular complexity index is 1740. The number of hydrogen-bond acceptors (Lipinski definition) is 12. The van der Waals surface area contributed by atoms with Gasteiger partial charge in [0.2, 0.25) is 0 Å². The summed E-state index contributed by atoms with van der Waals surface area (Å²) in [4.78, 5) is 61.8. The topological polar surface area (TPSA) is 133 Å². The summed E-state index contributed by atoms with van der Waals surface area (Å²) in [5.74, 6) is -2.20. The van der Waals surface area contributed by atoms with Gasteiger partial charge in [-0.1, -0.05) is 62.4 Å². The average molecular weight is 806 g/mol. The van der Waals surface area contributed by atoms with E-state index in [0.717, 1.165) is 5.56 Å². The highest BCUT2D eigenvalue weighted by Gasteiger charge is 2.56. The number of carbonyl (C=O) groups is 4. The number of Topliss-reactive ketones (excluding diaryl/α,β-unsaturated/α-hetero) is 1. The summed E-state index contributed by atoms with van der Waals surface area (Å²) in [5.41, 5.74) is -1.77. The van der Waals surface area contributed by atoms with Crippen molar-refractivity contribution in [2.75, 3.05) is 54.0 Å². The molecule has 2 bridgehead atoms. The molecule has 5 aliphatic heterocycles. The zero-order valence-electron chi connectivity index (χ0n) is 35.5. The molecule has 0 N–H and O–H groups in total. The van der Waals surface area contributed by atoms with Crippen LogP contribution in [0.2, 0.25) is 0 Å². The second-order valence-corrected chi connectivity index (χ2v) is 17.8. The van der Waals surface area contributed by atoms with E-state index in [-0.39, 0.29) is 56.2 Å². The van der Waals surface area contributed by atoms with Gasteiger partial charge in [-0.2, -0.15) is 0 Å². The first-order chi connectivity index (χ1) is 27.5. The summed E-state index contributed by atoms with van der Waals surface area (Å²) in [5, 5.41) is 0. The van der Waals surface area contributed by atoms with Crippen molar-refractivity contribution in [2.24, 2.45) is 17.3 Å². The van der Waals surface area contributed by atoms with Crippen LogP contribution >= 0.6 is 0 Å². The number of benzene rings is 2. The van der Waals surface area contributed by atoms with Crippen LogP contribution in [0.15, 0.2) is 60.7 Å². The van der Waals surface area contributed by atoms with Crippen molar-refractivity contribution in [1.82, 2.24) is 14.7 Å². The Balaban J connectivity index is 1.26. The summed E-state index contributed by atoms with van der Waals surface area (Å²) in [6.45, 7) is 11.4. The van der Waals surface area contributed by atoms with Gasteiger partial charge >= 0.3 is 18.0 Å². The molecular formula is C45H63N3O10. The van der Waals surface area contributed by atoms with Crippen LogP contribution in [0.25, 0.3) is 0 Å². The molecule has 2 aromatic carbocycles. The Kier molecular flexibility index (Phi) is 13.7. The summed E-state index contributed by atoms with van der Waals surface area (Å²) in [6, 6.07) is 18.1. The fourth-order valence-corrected chi connectivity index (χ4v) is 9.51. The molecule has 318 valence electrons. The lowest BCUT2D eigenvalue weighted by Crippen LogP contribution is -2.61. The van der Waals surface area contributed by atoms with Crippen LogP contribution in [-0.2, 0) is 44.6 Å². The predicted molar refractivity (Wildman–Crippen MR) is 216 cm³/mol. The number of amides is 1. The van der Waals surface area contributed by atoms with Crippen LogP contribution in [0.3, 0.4) is 0 Å². The summed E-state index contributed by atoms with van der Waals surface area (Å²) in [7, 11) is 5.91. The Hall–Kier alpha value is -3.88. The monoisotopic (exact) mass is 805 g/mol. The normalized spacial score (nSPS) is 33.7. The van der Waals surface area contributed by atoms with Gasteiger partial charge < -0.3 is 38.2 Å². The second-order valence-electron chi connectivity index (χ2n) is 17.8. The van der Waals surface area contributed by atoms with Crippen LogP contribution in [-0.4, -0.2) is 134 Å². The first-order valence-electron chi connectivity index (χ1n) is 20.8. The van der Waals surface area contributed by atoms with Crippen molar-refractivity contribution < 1.29 is 47.6 Å². The van der Waals surface area contributed by atoms with E-state index in [4.69, 9.17) is 28.4 Å². The average Bonchev–Trinajstić information content (AvgIpc) is 3.21. The molecule has 0 aromatic heterocycles. The third-order valence-corrected chi connectivity index (χ3v) is 13.1. The second kappa shape index (κ2) is 18.2. The van der Waals surface area contributed by atoms with Gasteiger partial charge in [0.15, 0.2) is 18.2 Å². The number of piperidine rings is 1. The van der Waals surface area contributed by atoms with E-state index in [1.807, 2.05) is 76.3 Å². The van der Waals surface area contributed by atoms with Gasteiger partial charge in [0, 0.05) is 32.2 Å². The van der Waals surface area contributed by atoms with Crippen LogP contribution in [0.5, 0.6) is 0 Å². The van der Waals surface area contributed by atoms with Crippen molar-refractivity contribution in [3.63, 3.8) is 0 Å². The van der Waals surface area contributed by atoms with Gasteiger partial charge in [-0.15, -0.1) is 0 Å². The van der Waals surface area contributed by atoms with Gasteiger partial charge in [-0.25, -0.2) is 9.59 Å². The molecule has 2 aromatic rings. The molecular weight excluding hydrogens is 743 g/mol. The highest BCUT2D eigenvalue weighted by Crippen LogP contribution is 2.43. The Labute approximate surface area is 343 Å². The van der Waals surface area contributed by atoms with Crippen molar-refractivity contribution in [2.45, 2.75) is 115 Å². The fraction of sp³-hybridized carbons (Fsp3) is 0.644. The van der Waals surface area contributed by atoms with Crippen molar-refractivity contribution in [3.8, 4) is 0 Å². The van der Waals surface area contributed by atoms with Crippen LogP contribution in [0.1, 0.15) is 82.6 Å². The third-order valence-electron chi connectivity index (χ3n) is 13.1. The lowest BCUT2D eigenvalue weighted by Gasteiger charge is -2.49. The number of rotatable bonds is 7. The first-order valence-corrected chi connectivity index (χ1v) is 20.8. The zero-order chi connectivity index (χ0) is 41.8. The molecule has 58 heavy (non-hydrogen) atoms. The van der Waals surface area contributed by atoms with E-state index in [1.165, 1.54) is 0 Å². The molecule has 9 atom stereocenters. The molecule has 5 aliphatic rings. The molecule has 0 saturated carbocycles. The van der Waals surface area contributed by atoms with Crippen LogP contribution < -0.4 is 0 Å². The Morgan fingerprint density at radius 1 is 0.931 bits per heavy atom. The molecule has 1 spiro atoms. The van der Waals surface area contributed by atoms with Gasteiger partial charge in [-0.05, 0) is 97.6 Å². The number of hydrogen-bond donors (Lipinski definition) is 0. The van der Waals surface area contributed by atoms with E-state index < -0.39 is 52.9 Å². The van der Waals surface area contributed by atoms with E-state index in [0.29, 0.717) is 50.9 Å². The lowest BCUT2D eigenvalue weighted by molar-refractivity contribution is -0.299. The number of likely N-dealkylation sites (tertiary alicyclic amines) is 1. The van der Waals surface area contributed by atoms with E-state index in [9.17, 15) is 19.2 Å². The molecule has 0 unspecified atom stereocenters. The molecule has 5 fully saturated rings. The minimum absolute atomic E-state index is 0.0313. The molecule has 5 heterocycles. The molecule has 5 saturated heterocycles. The zero-order valence-corrected chi connectivity index (χ0v) is 35.5. The van der Waals surface area contributed by atoms with Crippen LogP contribution in [0.4, 0.5) is 4.79 Å². The molecule has 0 aliphatic carbocycles. The molecule has 0 radical (unpaired) electrons. The largest absolute Gasteiger partial charge is 0.463 e. The highest BCUT2D eigenvalue weighted by atomic mass is 16.7. The third kappa shape index (κ3) is 9.44. The lowest BCUT2D eigenvalue weighted by atomic mass is 9.71. The SMILES string of the molecule is C[C@H]1CN(C)C2(CCN(C(=O)OCc3ccccc3)CC2)COC(=O)[C@]2(C)CCO[C@](C)(C1)[C@H](O[C@@H]1O[C@H](C)C[C@H](N(C)C)[C@H]1OC(=O)c1ccccc1)[C@@H](C)C2=O. The van der Waals surface area contributed by atoms with Gasteiger partial charge in [0.05, 0.1) is 35.0 Å². The minimum atomic E-state index is -1.52. The number of nitrogens with zero attached hydrogens (tertiary/aromatic N) is 3. The summed E-state index contributed by atoms with van der Waals surface area (Å²) >= 11 is 0. The number of esters is 2. The highest BCUT2D eigenvalue weighted by molar-refractivity contribution is 6.04. The van der Waals surface area contributed by atoms with E-state index >= 15 is 0 Å². The number of likely N-dealkylation sites (N-methyl/N-ethyl adjacent to an activating group) is 2. The maximum Gasteiger partial charge on any atom is 0.410 e. The van der Waals surface area contributed by atoms with Crippen molar-refractivity contribution in [3.05, 3.63) is 71.8 Å². The number of fused-ring (bicyclic) bond motifs is 9. The van der Waals surface area contributed by atoms with Crippen molar-refractivity contribution >= 4 is 23.8 Å². The van der Waals surface area contributed by atoms with Gasteiger partial charge in [0.1, 0.15) is 18.6 Å². The Morgan fingerprint density at radius 3 is 2.24 bits per heavy atom. The van der Waals surface area contributed by atoms with E-state index in [2.05, 4.69) is 11.8 Å². The quantitative estimate of drug-likeness (QED) is 0.192. The van der Waals surface area contributed by atoms with Crippen LogP contribution in [0, 0.1) is 17.3 Å².